The summed E-state index contributed by atoms with van der Waals surface area (Å²) in [5.74, 6) is 1.76. The van der Waals surface area contributed by atoms with Crippen LogP contribution in [0.2, 0.25) is 0 Å². The van der Waals surface area contributed by atoms with Gasteiger partial charge in [0.25, 0.3) is 0 Å². The van der Waals surface area contributed by atoms with Gasteiger partial charge < -0.3 is 9.73 Å². The third-order valence-corrected chi connectivity index (χ3v) is 4.37. The highest BCUT2D eigenvalue weighted by Gasteiger charge is 2.31. The summed E-state index contributed by atoms with van der Waals surface area (Å²) in [6, 6.07) is 7.16. The molecular formula is C17H22FNO. The van der Waals surface area contributed by atoms with Gasteiger partial charge in [0.1, 0.15) is 5.76 Å². The van der Waals surface area contributed by atoms with E-state index in [0.717, 1.165) is 37.1 Å². The predicted octanol–water partition coefficient (Wildman–Crippen LogP) is 4.46. The largest absolute Gasteiger partial charge is 0.458 e. The Morgan fingerprint density at radius 1 is 1.35 bits per heavy atom. The Bertz CT molecular complexity index is 577. The van der Waals surface area contributed by atoms with Crippen LogP contribution in [0.5, 0.6) is 0 Å². The third kappa shape index (κ3) is 2.59. The lowest BCUT2D eigenvalue weighted by Crippen LogP contribution is -2.25. The minimum Gasteiger partial charge on any atom is -0.458 e. The molecular weight excluding hydrogens is 253 g/mol. The molecule has 3 heteroatoms. The molecule has 1 fully saturated rings. The maximum absolute atomic E-state index is 13.7. The Morgan fingerprint density at radius 2 is 2.25 bits per heavy atom. The Hall–Kier alpha value is -1.35. The molecule has 1 aliphatic rings. The molecule has 3 rings (SSSR count). The second kappa shape index (κ2) is 5.96. The van der Waals surface area contributed by atoms with Crippen LogP contribution >= 0.6 is 0 Å². The zero-order valence-electron chi connectivity index (χ0n) is 12.0. The fourth-order valence-electron chi connectivity index (χ4n) is 3.35. The number of para-hydroxylation sites is 1. The van der Waals surface area contributed by atoms with E-state index in [2.05, 4.69) is 12.2 Å². The zero-order valence-corrected chi connectivity index (χ0v) is 12.0. The monoisotopic (exact) mass is 275 g/mol. The van der Waals surface area contributed by atoms with E-state index in [1.54, 1.807) is 6.07 Å². The van der Waals surface area contributed by atoms with Crippen molar-refractivity contribution in [1.82, 2.24) is 5.32 Å². The van der Waals surface area contributed by atoms with E-state index in [1.807, 2.05) is 12.1 Å². The summed E-state index contributed by atoms with van der Waals surface area (Å²) < 4.78 is 19.5. The van der Waals surface area contributed by atoms with Crippen LogP contribution in [0.3, 0.4) is 0 Å². The predicted molar refractivity (Wildman–Crippen MR) is 79.4 cm³/mol. The van der Waals surface area contributed by atoms with Crippen molar-refractivity contribution in [1.29, 1.82) is 0 Å². The van der Waals surface area contributed by atoms with E-state index in [9.17, 15) is 4.39 Å². The molecule has 2 nitrogen and oxygen atoms in total. The molecule has 0 saturated heterocycles. The summed E-state index contributed by atoms with van der Waals surface area (Å²) in [4.78, 5) is 0. The van der Waals surface area contributed by atoms with Crippen molar-refractivity contribution in [3.05, 3.63) is 35.8 Å². The van der Waals surface area contributed by atoms with Crippen LogP contribution in [0.4, 0.5) is 4.39 Å². The summed E-state index contributed by atoms with van der Waals surface area (Å²) in [6.45, 7) is 4.29. The average molecular weight is 275 g/mol. The Morgan fingerprint density at radius 3 is 3.05 bits per heavy atom. The molecule has 1 aliphatic carbocycles. The van der Waals surface area contributed by atoms with Gasteiger partial charge in [-0.2, -0.15) is 0 Å². The van der Waals surface area contributed by atoms with E-state index in [4.69, 9.17) is 4.42 Å². The van der Waals surface area contributed by atoms with Crippen molar-refractivity contribution in [3.8, 4) is 0 Å². The fourth-order valence-corrected chi connectivity index (χ4v) is 3.35. The molecule has 0 bridgehead atoms. The molecule has 1 heterocycles. The molecule has 2 atom stereocenters. The molecule has 0 spiro atoms. The van der Waals surface area contributed by atoms with E-state index in [-0.39, 0.29) is 5.82 Å². The van der Waals surface area contributed by atoms with E-state index in [1.165, 1.54) is 18.9 Å². The van der Waals surface area contributed by atoms with E-state index < -0.39 is 0 Å². The molecule has 2 unspecified atom stereocenters. The maximum Gasteiger partial charge on any atom is 0.169 e. The summed E-state index contributed by atoms with van der Waals surface area (Å²) in [6.07, 6.45) is 4.79. The van der Waals surface area contributed by atoms with Gasteiger partial charge in [-0.15, -0.1) is 0 Å². The lowest BCUT2D eigenvalue weighted by atomic mass is 9.93. The second-order valence-electron chi connectivity index (χ2n) is 5.81. The van der Waals surface area contributed by atoms with Gasteiger partial charge >= 0.3 is 0 Å². The van der Waals surface area contributed by atoms with E-state index in [0.29, 0.717) is 17.4 Å². The van der Waals surface area contributed by atoms with Gasteiger partial charge in [0, 0.05) is 11.3 Å². The van der Waals surface area contributed by atoms with Gasteiger partial charge in [-0.25, -0.2) is 4.39 Å². The first-order chi connectivity index (χ1) is 9.79. The highest BCUT2D eigenvalue weighted by Crippen LogP contribution is 2.41. The highest BCUT2D eigenvalue weighted by atomic mass is 19.1. The smallest absolute Gasteiger partial charge is 0.169 e. The molecule has 0 amide bonds. The first kappa shape index (κ1) is 13.6. The highest BCUT2D eigenvalue weighted by molar-refractivity contribution is 5.78. The van der Waals surface area contributed by atoms with Crippen LogP contribution < -0.4 is 5.32 Å². The number of hydrogen-bond donors (Lipinski definition) is 1. The molecule has 1 aromatic carbocycles. The number of furan rings is 1. The van der Waals surface area contributed by atoms with Crippen LogP contribution in [0, 0.1) is 11.7 Å². The molecule has 108 valence electrons. The molecule has 2 aromatic rings. The number of fused-ring (bicyclic) bond motifs is 1. The van der Waals surface area contributed by atoms with Crippen molar-refractivity contribution in [2.45, 2.75) is 38.5 Å². The van der Waals surface area contributed by atoms with Gasteiger partial charge in [0.15, 0.2) is 11.4 Å². The Kier molecular flexibility index (Phi) is 4.06. The van der Waals surface area contributed by atoms with Crippen molar-refractivity contribution in [2.75, 3.05) is 13.1 Å². The van der Waals surface area contributed by atoms with Gasteiger partial charge in [0.05, 0.1) is 0 Å². The van der Waals surface area contributed by atoms with Gasteiger partial charge in [-0.3, -0.25) is 0 Å². The van der Waals surface area contributed by atoms with Gasteiger partial charge in [-0.1, -0.05) is 25.5 Å². The molecule has 0 radical (unpaired) electrons. The SMILES string of the molecule is CCCNCC1CCCC1c1cc2cccc(F)c2o1. The minimum atomic E-state index is -0.257. The average Bonchev–Trinajstić information content (AvgIpc) is 3.05. The van der Waals surface area contributed by atoms with Crippen LogP contribution in [0.1, 0.15) is 44.3 Å². The van der Waals surface area contributed by atoms with Gasteiger partial charge in [-0.05, 0) is 50.4 Å². The summed E-state index contributed by atoms with van der Waals surface area (Å²) in [5.41, 5.74) is 0.412. The normalized spacial score (nSPS) is 22.7. The van der Waals surface area contributed by atoms with Crippen molar-refractivity contribution < 1.29 is 8.81 Å². The molecule has 1 saturated carbocycles. The first-order valence-corrected chi connectivity index (χ1v) is 7.68. The number of rotatable bonds is 5. The van der Waals surface area contributed by atoms with Crippen LogP contribution in [-0.2, 0) is 0 Å². The fraction of sp³-hybridized carbons (Fsp3) is 0.529. The quantitative estimate of drug-likeness (QED) is 0.815. The molecule has 20 heavy (non-hydrogen) atoms. The third-order valence-electron chi connectivity index (χ3n) is 4.37. The summed E-state index contributed by atoms with van der Waals surface area (Å²) in [7, 11) is 0. The van der Waals surface area contributed by atoms with Crippen LogP contribution in [-0.4, -0.2) is 13.1 Å². The van der Waals surface area contributed by atoms with Crippen molar-refractivity contribution in [2.24, 2.45) is 5.92 Å². The van der Waals surface area contributed by atoms with Crippen LogP contribution in [0.15, 0.2) is 28.7 Å². The van der Waals surface area contributed by atoms with Crippen molar-refractivity contribution in [3.63, 3.8) is 0 Å². The minimum absolute atomic E-state index is 0.257. The molecule has 0 aliphatic heterocycles. The molecule has 1 aromatic heterocycles. The second-order valence-corrected chi connectivity index (χ2v) is 5.81. The standard InChI is InChI=1S/C17H22FNO/c1-2-9-19-11-13-6-3-7-14(13)16-10-12-5-4-8-15(18)17(12)20-16/h4-5,8,10,13-14,19H,2-3,6-7,9,11H2,1H3. The Balaban J connectivity index is 1.80. The zero-order chi connectivity index (χ0) is 13.9. The first-order valence-electron chi connectivity index (χ1n) is 7.68. The lowest BCUT2D eigenvalue weighted by Gasteiger charge is -2.17. The molecule has 1 N–H and O–H groups in total. The lowest BCUT2D eigenvalue weighted by molar-refractivity contribution is 0.388. The number of nitrogens with one attached hydrogen (secondary N) is 1. The van der Waals surface area contributed by atoms with E-state index >= 15 is 0 Å². The number of benzene rings is 1. The summed E-state index contributed by atoms with van der Waals surface area (Å²) in [5, 5.41) is 4.39. The Labute approximate surface area is 119 Å². The van der Waals surface area contributed by atoms with Crippen LogP contribution in [0.25, 0.3) is 11.0 Å². The summed E-state index contributed by atoms with van der Waals surface area (Å²) >= 11 is 0. The number of halogens is 1. The van der Waals surface area contributed by atoms with Gasteiger partial charge in [0.2, 0.25) is 0 Å². The van der Waals surface area contributed by atoms with Crippen molar-refractivity contribution >= 4 is 11.0 Å². The topological polar surface area (TPSA) is 25.2 Å². The maximum atomic E-state index is 13.7. The number of hydrogen-bond acceptors (Lipinski definition) is 2.